The monoisotopic (exact) mass is 342 g/mol. The Morgan fingerprint density at radius 1 is 1.04 bits per heavy atom. The van der Waals surface area contributed by atoms with E-state index in [1.54, 1.807) is 0 Å². The van der Waals surface area contributed by atoms with Gasteiger partial charge in [0, 0.05) is 24.9 Å². The van der Waals surface area contributed by atoms with Crippen molar-refractivity contribution in [1.82, 2.24) is 10.6 Å². The summed E-state index contributed by atoms with van der Waals surface area (Å²) < 4.78 is 0. The summed E-state index contributed by atoms with van der Waals surface area (Å²) in [4.78, 5) is 23.6. The fourth-order valence-corrected chi connectivity index (χ4v) is 2.39. The molecule has 3 N–H and O–H groups in total. The minimum absolute atomic E-state index is 0.0866. The van der Waals surface area contributed by atoms with Crippen LogP contribution in [-0.2, 0) is 9.59 Å². The Hall–Kier alpha value is -2.40. The van der Waals surface area contributed by atoms with E-state index in [4.69, 9.17) is 0 Å². The van der Waals surface area contributed by atoms with E-state index in [2.05, 4.69) is 10.6 Å². The Bertz CT molecular complexity index is 750. The zero-order valence-corrected chi connectivity index (χ0v) is 15.0. The summed E-state index contributed by atoms with van der Waals surface area (Å²) in [5.74, 6) is -0.287. The van der Waals surface area contributed by atoms with Gasteiger partial charge in [0.15, 0.2) is 0 Å². The highest BCUT2D eigenvalue weighted by molar-refractivity contribution is 5.83. The van der Waals surface area contributed by atoms with Crippen LogP contribution in [0.1, 0.15) is 38.9 Å². The lowest BCUT2D eigenvalue weighted by molar-refractivity contribution is -0.128. The summed E-state index contributed by atoms with van der Waals surface area (Å²) in [6.07, 6.45) is -0.579. The normalized spacial score (nSPS) is 12.6. The zero-order chi connectivity index (χ0) is 18.4. The second-order valence-electron chi connectivity index (χ2n) is 7.18. The Balaban J connectivity index is 1.79. The van der Waals surface area contributed by atoms with Gasteiger partial charge in [0.05, 0.1) is 6.10 Å². The van der Waals surface area contributed by atoms with Gasteiger partial charge in [-0.05, 0) is 22.4 Å². The van der Waals surface area contributed by atoms with Gasteiger partial charge in [0.25, 0.3) is 0 Å². The van der Waals surface area contributed by atoms with E-state index in [-0.39, 0.29) is 31.3 Å². The van der Waals surface area contributed by atoms with E-state index in [1.807, 2.05) is 63.2 Å². The van der Waals surface area contributed by atoms with Gasteiger partial charge in [-0.2, -0.15) is 0 Å². The highest BCUT2D eigenvalue weighted by atomic mass is 16.3. The van der Waals surface area contributed by atoms with Gasteiger partial charge >= 0.3 is 0 Å². The van der Waals surface area contributed by atoms with Crippen molar-refractivity contribution in [2.24, 2.45) is 5.41 Å². The van der Waals surface area contributed by atoms with E-state index >= 15 is 0 Å². The number of aliphatic hydroxyl groups excluding tert-OH is 1. The van der Waals surface area contributed by atoms with Crippen molar-refractivity contribution in [1.29, 1.82) is 0 Å². The number of carbonyl (C=O) groups excluding carboxylic acids is 2. The summed E-state index contributed by atoms with van der Waals surface area (Å²) >= 11 is 0. The first kappa shape index (κ1) is 18.9. The molecule has 0 saturated carbocycles. The Morgan fingerprint density at radius 3 is 2.40 bits per heavy atom. The molecular formula is C20H26N2O3. The minimum Gasteiger partial charge on any atom is -0.387 e. The number of nitrogens with one attached hydrogen (secondary N) is 2. The molecule has 0 heterocycles. The molecule has 5 nitrogen and oxygen atoms in total. The first-order valence-electron chi connectivity index (χ1n) is 8.49. The molecule has 2 aromatic rings. The molecule has 0 bridgehead atoms. The van der Waals surface area contributed by atoms with Gasteiger partial charge < -0.3 is 15.7 Å². The molecular weight excluding hydrogens is 316 g/mol. The molecule has 0 aliphatic heterocycles. The molecule has 2 aromatic carbocycles. The van der Waals surface area contributed by atoms with Gasteiger partial charge in [-0.25, -0.2) is 0 Å². The number of hydrogen-bond acceptors (Lipinski definition) is 3. The summed E-state index contributed by atoms with van der Waals surface area (Å²) in [7, 11) is 0. The fourth-order valence-electron chi connectivity index (χ4n) is 2.39. The third kappa shape index (κ3) is 5.57. The Kier molecular flexibility index (Phi) is 6.15. The Morgan fingerprint density at radius 2 is 1.72 bits per heavy atom. The fraction of sp³-hybridized carbons (Fsp3) is 0.400. The smallest absolute Gasteiger partial charge is 0.225 e. The topological polar surface area (TPSA) is 78.4 Å². The number of benzene rings is 2. The average Bonchev–Trinajstić information content (AvgIpc) is 2.58. The summed E-state index contributed by atoms with van der Waals surface area (Å²) in [5.41, 5.74) is 0.294. The van der Waals surface area contributed by atoms with Crippen LogP contribution in [0.4, 0.5) is 0 Å². The molecule has 0 aromatic heterocycles. The van der Waals surface area contributed by atoms with Crippen molar-refractivity contribution in [2.45, 2.75) is 33.3 Å². The van der Waals surface area contributed by atoms with Crippen molar-refractivity contribution in [3.05, 3.63) is 48.0 Å². The van der Waals surface area contributed by atoms with Crippen molar-refractivity contribution < 1.29 is 14.7 Å². The lowest BCUT2D eigenvalue weighted by atomic mass is 9.96. The predicted molar refractivity (Wildman–Crippen MR) is 99.0 cm³/mol. The number of aliphatic hydroxyl groups is 1. The second kappa shape index (κ2) is 8.12. The third-order valence-electron chi connectivity index (χ3n) is 3.97. The van der Waals surface area contributed by atoms with Crippen LogP contribution in [0.5, 0.6) is 0 Å². The second-order valence-corrected chi connectivity index (χ2v) is 7.18. The molecule has 2 rings (SSSR count). The molecule has 134 valence electrons. The van der Waals surface area contributed by atoms with E-state index in [0.717, 1.165) is 16.3 Å². The highest BCUT2D eigenvalue weighted by Gasteiger charge is 2.20. The van der Waals surface area contributed by atoms with Crippen molar-refractivity contribution in [2.75, 3.05) is 13.1 Å². The summed E-state index contributed by atoms with van der Waals surface area (Å²) in [6.45, 7) is 5.89. The molecule has 5 heteroatoms. The first-order chi connectivity index (χ1) is 11.8. The summed E-state index contributed by atoms with van der Waals surface area (Å²) in [5, 5.41) is 17.9. The first-order valence-corrected chi connectivity index (χ1v) is 8.49. The summed E-state index contributed by atoms with van der Waals surface area (Å²) in [6, 6.07) is 13.7. The SMILES string of the molecule is CC(C)(C)C(=O)NCCC(=O)NC[C@H](O)c1ccc2ccccc2c1. The van der Waals surface area contributed by atoms with Crippen molar-refractivity contribution >= 4 is 22.6 Å². The molecule has 0 fully saturated rings. The predicted octanol–water partition coefficient (Wildman–Crippen LogP) is 2.54. The van der Waals surface area contributed by atoms with Crippen LogP contribution in [-0.4, -0.2) is 30.0 Å². The van der Waals surface area contributed by atoms with E-state index < -0.39 is 11.5 Å². The molecule has 0 radical (unpaired) electrons. The van der Waals surface area contributed by atoms with Crippen LogP contribution in [0.2, 0.25) is 0 Å². The Labute approximate surface area is 148 Å². The maximum absolute atomic E-state index is 11.8. The largest absolute Gasteiger partial charge is 0.387 e. The van der Waals surface area contributed by atoms with Crippen LogP contribution in [0, 0.1) is 5.41 Å². The van der Waals surface area contributed by atoms with E-state index in [9.17, 15) is 14.7 Å². The van der Waals surface area contributed by atoms with Crippen LogP contribution in [0.25, 0.3) is 10.8 Å². The number of carbonyl (C=O) groups is 2. The van der Waals surface area contributed by atoms with Gasteiger partial charge in [-0.3, -0.25) is 9.59 Å². The number of amides is 2. The number of rotatable bonds is 6. The maximum atomic E-state index is 11.8. The van der Waals surface area contributed by atoms with Crippen LogP contribution >= 0.6 is 0 Å². The van der Waals surface area contributed by atoms with Crippen LogP contribution in [0.3, 0.4) is 0 Å². The third-order valence-corrected chi connectivity index (χ3v) is 3.97. The molecule has 0 aliphatic carbocycles. The van der Waals surface area contributed by atoms with Gasteiger partial charge in [-0.15, -0.1) is 0 Å². The minimum atomic E-state index is -0.766. The molecule has 0 unspecified atom stereocenters. The van der Waals surface area contributed by atoms with E-state index in [0.29, 0.717) is 0 Å². The lowest BCUT2D eigenvalue weighted by Gasteiger charge is -2.17. The molecule has 0 saturated heterocycles. The molecule has 0 spiro atoms. The average molecular weight is 342 g/mol. The van der Waals surface area contributed by atoms with Gasteiger partial charge in [0.1, 0.15) is 0 Å². The maximum Gasteiger partial charge on any atom is 0.225 e. The van der Waals surface area contributed by atoms with Gasteiger partial charge in [-0.1, -0.05) is 57.2 Å². The lowest BCUT2D eigenvalue weighted by Crippen LogP contribution is -2.37. The van der Waals surface area contributed by atoms with E-state index in [1.165, 1.54) is 0 Å². The van der Waals surface area contributed by atoms with Crippen molar-refractivity contribution in [3.8, 4) is 0 Å². The van der Waals surface area contributed by atoms with Crippen molar-refractivity contribution in [3.63, 3.8) is 0 Å². The quantitative estimate of drug-likeness (QED) is 0.755. The van der Waals surface area contributed by atoms with Gasteiger partial charge in [0.2, 0.25) is 11.8 Å². The zero-order valence-electron chi connectivity index (χ0n) is 15.0. The number of fused-ring (bicyclic) bond motifs is 1. The molecule has 2 amide bonds. The standard InChI is InChI=1S/C20H26N2O3/c1-20(2,3)19(25)21-11-10-18(24)22-13-17(23)16-9-8-14-6-4-5-7-15(14)12-16/h4-9,12,17,23H,10-11,13H2,1-3H3,(H,21,25)(H,22,24)/t17-/m0/s1. The number of hydrogen-bond donors (Lipinski definition) is 3. The highest BCUT2D eigenvalue weighted by Crippen LogP contribution is 2.20. The molecule has 25 heavy (non-hydrogen) atoms. The molecule has 1 atom stereocenters. The molecule has 0 aliphatic rings. The van der Waals surface area contributed by atoms with Crippen LogP contribution < -0.4 is 10.6 Å². The van der Waals surface area contributed by atoms with Crippen LogP contribution in [0.15, 0.2) is 42.5 Å².